The molecule has 0 radical (unpaired) electrons. The first kappa shape index (κ1) is 32.7. The molecule has 2 amide bonds. The Kier molecular flexibility index (Phi) is 11.5. The zero-order valence-electron chi connectivity index (χ0n) is 24.4. The maximum atomic E-state index is 15.2. The number of para-hydroxylation sites is 1. The van der Waals surface area contributed by atoms with Crippen LogP contribution in [0.5, 0.6) is 0 Å². The Morgan fingerprint density at radius 3 is 2.16 bits per heavy atom. The van der Waals surface area contributed by atoms with E-state index in [1.54, 1.807) is 42.5 Å². The van der Waals surface area contributed by atoms with E-state index >= 15 is 4.39 Å². The quantitative estimate of drug-likeness (QED) is 0.166. The van der Waals surface area contributed by atoms with Crippen molar-refractivity contribution < 1.29 is 22.4 Å². The number of carbonyl (C=O) groups is 2. The Morgan fingerprint density at radius 2 is 1.50 bits per heavy atom. The summed E-state index contributed by atoms with van der Waals surface area (Å²) in [5, 5.41) is 3.38. The second-order valence-electron chi connectivity index (χ2n) is 10.3. The van der Waals surface area contributed by atoms with Crippen molar-refractivity contribution in [3.8, 4) is 0 Å². The van der Waals surface area contributed by atoms with Crippen LogP contribution in [0.15, 0.2) is 114 Å². The van der Waals surface area contributed by atoms with Gasteiger partial charge in [-0.15, -0.1) is 0 Å². The molecular weight excluding hydrogens is 601 g/mol. The first-order valence-electron chi connectivity index (χ1n) is 14.4. The number of anilines is 1. The van der Waals surface area contributed by atoms with Crippen LogP contribution in [-0.2, 0) is 32.6 Å². The number of carbonyl (C=O) groups excluding carboxylic acids is 2. The van der Waals surface area contributed by atoms with Crippen LogP contribution in [0.3, 0.4) is 0 Å². The topological polar surface area (TPSA) is 86.8 Å². The molecule has 0 aliphatic rings. The molecule has 0 spiro atoms. The van der Waals surface area contributed by atoms with Crippen molar-refractivity contribution in [3.63, 3.8) is 0 Å². The molecule has 0 saturated carbocycles. The third kappa shape index (κ3) is 8.45. The van der Waals surface area contributed by atoms with Crippen molar-refractivity contribution in [1.29, 1.82) is 0 Å². The Morgan fingerprint density at radius 1 is 0.864 bits per heavy atom. The predicted octanol–water partition coefficient (Wildman–Crippen LogP) is 6.23. The minimum atomic E-state index is -4.38. The third-order valence-corrected chi connectivity index (χ3v) is 9.08. The van der Waals surface area contributed by atoms with Crippen LogP contribution in [0.2, 0.25) is 5.02 Å². The number of sulfonamides is 1. The minimum Gasteiger partial charge on any atom is -0.354 e. The van der Waals surface area contributed by atoms with Gasteiger partial charge in [-0.25, -0.2) is 12.8 Å². The first-order valence-corrected chi connectivity index (χ1v) is 16.2. The lowest BCUT2D eigenvalue weighted by Gasteiger charge is -2.34. The van der Waals surface area contributed by atoms with Gasteiger partial charge < -0.3 is 10.2 Å². The summed E-state index contributed by atoms with van der Waals surface area (Å²) >= 11 is 6.26. The van der Waals surface area contributed by atoms with E-state index in [9.17, 15) is 18.0 Å². The molecule has 1 unspecified atom stereocenters. The van der Waals surface area contributed by atoms with E-state index in [1.807, 2.05) is 37.3 Å². The minimum absolute atomic E-state index is 0.0331. The summed E-state index contributed by atoms with van der Waals surface area (Å²) in [7, 11) is -4.38. The van der Waals surface area contributed by atoms with E-state index in [-0.39, 0.29) is 29.5 Å². The fourth-order valence-corrected chi connectivity index (χ4v) is 6.44. The number of benzene rings is 4. The van der Waals surface area contributed by atoms with Crippen LogP contribution in [0.4, 0.5) is 10.1 Å². The highest BCUT2D eigenvalue weighted by molar-refractivity contribution is 7.92. The van der Waals surface area contributed by atoms with Gasteiger partial charge in [0.2, 0.25) is 11.8 Å². The second-order valence-corrected chi connectivity index (χ2v) is 12.6. The van der Waals surface area contributed by atoms with E-state index in [1.165, 1.54) is 35.2 Å². The molecule has 0 saturated heterocycles. The summed E-state index contributed by atoms with van der Waals surface area (Å²) in [6, 6.07) is 28.1. The van der Waals surface area contributed by atoms with Crippen LogP contribution in [0.1, 0.15) is 30.9 Å². The van der Waals surface area contributed by atoms with E-state index in [0.717, 1.165) is 28.8 Å². The van der Waals surface area contributed by atoms with Crippen molar-refractivity contribution in [3.05, 3.63) is 131 Å². The largest absolute Gasteiger partial charge is 0.354 e. The standard InChI is InChI=1S/C34H35ClFN3O4S/c1-2-3-21-37-34(41)32(23-26-13-6-4-7-14-26)38(24-27-15-12-16-28(35)22-27)33(40)25-39(31-20-11-10-19-30(31)36)44(42,43)29-17-8-5-9-18-29/h4-20,22,32H,2-3,21,23-25H2,1H3,(H,37,41). The van der Waals surface area contributed by atoms with Crippen molar-refractivity contribution >= 4 is 39.1 Å². The van der Waals surface area contributed by atoms with Gasteiger partial charge in [0.15, 0.2) is 0 Å². The number of nitrogens with one attached hydrogen (secondary N) is 1. The number of rotatable bonds is 14. The molecule has 0 fully saturated rings. The fraction of sp³-hybridized carbons (Fsp3) is 0.235. The number of amides is 2. The summed E-state index contributed by atoms with van der Waals surface area (Å²) in [6.45, 7) is 1.65. The van der Waals surface area contributed by atoms with Gasteiger partial charge >= 0.3 is 0 Å². The SMILES string of the molecule is CCCCNC(=O)C(Cc1ccccc1)N(Cc1cccc(Cl)c1)C(=O)CN(c1ccccc1F)S(=O)(=O)c1ccccc1. The van der Waals surface area contributed by atoms with Gasteiger partial charge in [-0.2, -0.15) is 0 Å². The van der Waals surface area contributed by atoms with E-state index in [4.69, 9.17) is 11.6 Å². The van der Waals surface area contributed by atoms with Gasteiger partial charge in [0, 0.05) is 24.5 Å². The normalized spacial score (nSPS) is 11.9. The predicted molar refractivity (Wildman–Crippen MR) is 171 cm³/mol. The van der Waals surface area contributed by atoms with Crippen LogP contribution in [-0.4, -0.2) is 44.3 Å². The lowest BCUT2D eigenvalue weighted by molar-refractivity contribution is -0.140. The highest BCUT2D eigenvalue weighted by atomic mass is 35.5. The average molecular weight is 636 g/mol. The monoisotopic (exact) mass is 635 g/mol. The molecule has 1 atom stereocenters. The number of nitrogens with zero attached hydrogens (tertiary/aromatic N) is 2. The fourth-order valence-electron chi connectivity index (χ4n) is 4.78. The molecule has 1 N–H and O–H groups in total. The Bertz CT molecular complexity index is 1660. The van der Waals surface area contributed by atoms with Crippen molar-refractivity contribution in [2.24, 2.45) is 0 Å². The highest BCUT2D eigenvalue weighted by Crippen LogP contribution is 2.27. The number of hydrogen-bond acceptors (Lipinski definition) is 4. The molecule has 4 aromatic rings. The molecule has 44 heavy (non-hydrogen) atoms. The summed E-state index contributed by atoms with van der Waals surface area (Å²) in [6.07, 6.45) is 1.79. The van der Waals surface area contributed by atoms with Crippen molar-refractivity contribution in [1.82, 2.24) is 10.2 Å². The van der Waals surface area contributed by atoms with Crippen molar-refractivity contribution in [2.45, 2.75) is 43.7 Å². The third-order valence-electron chi connectivity index (χ3n) is 7.07. The highest BCUT2D eigenvalue weighted by Gasteiger charge is 2.35. The molecule has 0 aromatic heterocycles. The summed E-state index contributed by atoms with van der Waals surface area (Å²) in [5.41, 5.74) is 1.18. The Hall–Kier alpha value is -4.21. The van der Waals surface area contributed by atoms with Gasteiger partial charge in [-0.3, -0.25) is 13.9 Å². The average Bonchev–Trinajstić information content (AvgIpc) is 3.03. The van der Waals surface area contributed by atoms with Gasteiger partial charge in [-0.05, 0) is 53.9 Å². The molecule has 0 aliphatic carbocycles. The zero-order chi connectivity index (χ0) is 31.5. The first-order chi connectivity index (χ1) is 21.2. The Labute approximate surface area is 263 Å². The van der Waals surface area contributed by atoms with E-state index in [2.05, 4.69) is 5.32 Å². The molecule has 4 aromatic carbocycles. The molecule has 230 valence electrons. The van der Waals surface area contributed by atoms with Gasteiger partial charge in [-0.1, -0.05) is 97.7 Å². The lowest BCUT2D eigenvalue weighted by Crippen LogP contribution is -2.53. The molecule has 0 bridgehead atoms. The molecule has 4 rings (SSSR count). The number of halogens is 2. The van der Waals surface area contributed by atoms with Gasteiger partial charge in [0.1, 0.15) is 18.4 Å². The summed E-state index contributed by atoms with van der Waals surface area (Å²) < 4.78 is 43.7. The molecule has 0 aliphatic heterocycles. The molecular formula is C34H35ClFN3O4S. The number of hydrogen-bond donors (Lipinski definition) is 1. The van der Waals surface area contributed by atoms with E-state index < -0.39 is 34.3 Å². The maximum Gasteiger partial charge on any atom is 0.264 e. The van der Waals surface area contributed by atoms with Crippen LogP contribution in [0.25, 0.3) is 0 Å². The molecule has 7 nitrogen and oxygen atoms in total. The lowest BCUT2D eigenvalue weighted by atomic mass is 10.0. The van der Waals surface area contributed by atoms with E-state index in [0.29, 0.717) is 17.1 Å². The van der Waals surface area contributed by atoms with Gasteiger partial charge in [0.25, 0.3) is 10.0 Å². The van der Waals surface area contributed by atoms with Crippen LogP contribution in [0, 0.1) is 5.82 Å². The Balaban J connectivity index is 1.79. The van der Waals surface area contributed by atoms with Crippen molar-refractivity contribution in [2.75, 3.05) is 17.4 Å². The molecule has 0 heterocycles. The summed E-state index contributed by atoms with van der Waals surface area (Å²) in [4.78, 5) is 29.3. The maximum absolute atomic E-state index is 15.2. The smallest absolute Gasteiger partial charge is 0.264 e. The zero-order valence-corrected chi connectivity index (χ0v) is 26.0. The molecule has 10 heteroatoms. The van der Waals surface area contributed by atoms with Gasteiger partial charge in [0.05, 0.1) is 10.6 Å². The van der Waals surface area contributed by atoms with Crippen LogP contribution < -0.4 is 9.62 Å². The van der Waals surface area contributed by atoms with Crippen LogP contribution >= 0.6 is 11.6 Å². The second kappa shape index (κ2) is 15.5. The number of unbranched alkanes of at least 4 members (excludes halogenated alkanes) is 1. The summed E-state index contributed by atoms with van der Waals surface area (Å²) in [5.74, 6) is -1.86.